The van der Waals surface area contributed by atoms with E-state index in [0.717, 1.165) is 24.0 Å². The third-order valence-corrected chi connectivity index (χ3v) is 4.21. The van der Waals surface area contributed by atoms with Crippen molar-refractivity contribution in [3.05, 3.63) is 51.8 Å². The maximum absolute atomic E-state index is 5.90. The lowest BCUT2D eigenvalue weighted by Gasteiger charge is -2.05. The fraction of sp³-hybridized carbons (Fsp3) is 0.214. The van der Waals surface area contributed by atoms with Gasteiger partial charge in [0.2, 0.25) is 0 Å². The van der Waals surface area contributed by atoms with E-state index in [4.69, 9.17) is 11.6 Å². The van der Waals surface area contributed by atoms with Crippen molar-refractivity contribution < 1.29 is 0 Å². The largest absolute Gasteiger partial charge is 0.310 e. The highest BCUT2D eigenvalue weighted by molar-refractivity contribution is 7.16. The molecule has 3 nitrogen and oxygen atoms in total. The predicted molar refractivity (Wildman–Crippen MR) is 80.8 cm³/mol. The molecule has 1 aromatic carbocycles. The van der Waals surface area contributed by atoms with Crippen molar-refractivity contribution in [3.8, 4) is 0 Å². The van der Waals surface area contributed by atoms with Gasteiger partial charge in [-0.25, -0.2) is 0 Å². The lowest BCUT2D eigenvalue weighted by molar-refractivity contribution is 0.569. The molecule has 2 heterocycles. The van der Waals surface area contributed by atoms with Gasteiger partial charge in [-0.05, 0) is 18.2 Å². The summed E-state index contributed by atoms with van der Waals surface area (Å²) in [6.45, 7) is 2.62. The summed E-state index contributed by atoms with van der Waals surface area (Å²) in [4.78, 5) is 1.26. The standard InChI is InChI=1S/C14H14ClN3S/c15-14-6-5-12(19-14)10-16-7-8-18-13-4-2-1-3-11(13)9-17-18/h1-6,9,16H,7-8,10H2. The second kappa shape index (κ2) is 5.74. The number of thiophene rings is 1. The molecule has 2 aromatic heterocycles. The first-order valence-electron chi connectivity index (χ1n) is 6.18. The Balaban J connectivity index is 1.55. The van der Waals surface area contributed by atoms with Gasteiger partial charge in [-0.3, -0.25) is 4.68 Å². The van der Waals surface area contributed by atoms with Gasteiger partial charge in [-0.15, -0.1) is 11.3 Å². The molecule has 0 spiro atoms. The molecule has 0 radical (unpaired) electrons. The van der Waals surface area contributed by atoms with Crippen LogP contribution in [0.5, 0.6) is 0 Å². The van der Waals surface area contributed by atoms with Gasteiger partial charge in [-0.2, -0.15) is 5.10 Å². The molecule has 0 aliphatic rings. The highest BCUT2D eigenvalue weighted by atomic mass is 35.5. The van der Waals surface area contributed by atoms with Gasteiger partial charge < -0.3 is 5.32 Å². The van der Waals surface area contributed by atoms with Gasteiger partial charge in [-0.1, -0.05) is 29.8 Å². The molecule has 0 fully saturated rings. The van der Waals surface area contributed by atoms with Gasteiger partial charge in [0.15, 0.2) is 0 Å². The number of aromatic nitrogens is 2. The molecule has 3 aromatic rings. The first-order chi connectivity index (χ1) is 9.33. The van der Waals surface area contributed by atoms with E-state index in [9.17, 15) is 0 Å². The Labute approximate surface area is 120 Å². The first-order valence-corrected chi connectivity index (χ1v) is 7.38. The molecule has 1 N–H and O–H groups in total. The molecule has 19 heavy (non-hydrogen) atoms. The SMILES string of the molecule is Clc1ccc(CNCCn2ncc3ccccc32)s1. The third-order valence-electron chi connectivity index (χ3n) is 2.98. The van der Waals surface area contributed by atoms with Crippen molar-refractivity contribution in [1.82, 2.24) is 15.1 Å². The quantitative estimate of drug-likeness (QED) is 0.729. The van der Waals surface area contributed by atoms with Gasteiger partial charge >= 0.3 is 0 Å². The Kier molecular flexibility index (Phi) is 3.82. The number of hydrogen-bond acceptors (Lipinski definition) is 3. The minimum Gasteiger partial charge on any atom is -0.310 e. The van der Waals surface area contributed by atoms with Crippen LogP contribution in [0.15, 0.2) is 42.6 Å². The normalized spacial score (nSPS) is 11.2. The van der Waals surface area contributed by atoms with Crippen LogP contribution in [0.1, 0.15) is 4.88 Å². The number of rotatable bonds is 5. The van der Waals surface area contributed by atoms with Crippen LogP contribution in [-0.2, 0) is 13.1 Å². The molecule has 0 aliphatic carbocycles. The summed E-state index contributed by atoms with van der Waals surface area (Å²) in [5, 5.41) is 9.00. The molecule has 0 bridgehead atoms. The second-order valence-electron chi connectivity index (χ2n) is 4.31. The Morgan fingerprint density at radius 1 is 1.21 bits per heavy atom. The monoisotopic (exact) mass is 291 g/mol. The van der Waals surface area contributed by atoms with Crippen LogP contribution in [-0.4, -0.2) is 16.3 Å². The molecule has 0 amide bonds. The molecular formula is C14H14ClN3S. The van der Waals surface area contributed by atoms with Crippen molar-refractivity contribution in [2.45, 2.75) is 13.1 Å². The number of nitrogens with one attached hydrogen (secondary N) is 1. The number of halogens is 1. The van der Waals surface area contributed by atoms with E-state index in [1.807, 2.05) is 29.1 Å². The number of nitrogens with zero attached hydrogens (tertiary/aromatic N) is 2. The van der Waals surface area contributed by atoms with Crippen LogP contribution in [0.3, 0.4) is 0 Å². The lowest BCUT2D eigenvalue weighted by atomic mass is 10.2. The average molecular weight is 292 g/mol. The maximum atomic E-state index is 5.90. The van der Waals surface area contributed by atoms with Crippen LogP contribution >= 0.6 is 22.9 Å². The first kappa shape index (κ1) is 12.7. The smallest absolute Gasteiger partial charge is 0.0931 e. The number of para-hydroxylation sites is 1. The highest BCUT2D eigenvalue weighted by Crippen LogP contribution is 2.20. The molecule has 98 valence electrons. The Morgan fingerprint density at radius 2 is 2.11 bits per heavy atom. The Bertz CT molecular complexity index is 674. The van der Waals surface area contributed by atoms with Crippen molar-refractivity contribution in [2.24, 2.45) is 0 Å². The average Bonchev–Trinajstić information content (AvgIpc) is 3.02. The summed E-state index contributed by atoms with van der Waals surface area (Å²) in [5.41, 5.74) is 1.18. The van der Waals surface area contributed by atoms with Crippen molar-refractivity contribution in [3.63, 3.8) is 0 Å². The lowest BCUT2D eigenvalue weighted by Crippen LogP contribution is -2.19. The van der Waals surface area contributed by atoms with Crippen LogP contribution in [0, 0.1) is 0 Å². The van der Waals surface area contributed by atoms with Crippen molar-refractivity contribution in [1.29, 1.82) is 0 Å². The number of benzene rings is 1. The van der Waals surface area contributed by atoms with Crippen molar-refractivity contribution >= 4 is 33.8 Å². The minimum absolute atomic E-state index is 0.842. The Morgan fingerprint density at radius 3 is 2.95 bits per heavy atom. The van der Waals surface area contributed by atoms with E-state index in [-0.39, 0.29) is 0 Å². The van der Waals surface area contributed by atoms with Gasteiger partial charge in [0, 0.05) is 23.4 Å². The number of hydrogen-bond donors (Lipinski definition) is 1. The molecule has 3 rings (SSSR count). The summed E-state index contributed by atoms with van der Waals surface area (Å²) in [5.74, 6) is 0. The minimum atomic E-state index is 0.842. The maximum Gasteiger partial charge on any atom is 0.0931 e. The topological polar surface area (TPSA) is 29.9 Å². The van der Waals surface area contributed by atoms with Crippen LogP contribution < -0.4 is 5.32 Å². The molecule has 0 atom stereocenters. The summed E-state index contributed by atoms with van der Waals surface area (Å²) < 4.78 is 2.87. The summed E-state index contributed by atoms with van der Waals surface area (Å²) in [6.07, 6.45) is 1.91. The van der Waals surface area contributed by atoms with E-state index in [1.54, 1.807) is 11.3 Å². The number of fused-ring (bicyclic) bond motifs is 1. The van der Waals surface area contributed by atoms with Crippen LogP contribution in [0.2, 0.25) is 4.34 Å². The van der Waals surface area contributed by atoms with Gasteiger partial charge in [0.05, 0.1) is 22.6 Å². The molecule has 0 saturated carbocycles. The molecule has 0 unspecified atom stereocenters. The van der Waals surface area contributed by atoms with E-state index in [1.165, 1.54) is 15.8 Å². The fourth-order valence-electron chi connectivity index (χ4n) is 2.05. The molecule has 5 heteroatoms. The van der Waals surface area contributed by atoms with E-state index < -0.39 is 0 Å². The zero-order valence-electron chi connectivity index (χ0n) is 10.3. The zero-order chi connectivity index (χ0) is 13.1. The Hall–Kier alpha value is -1.36. The van der Waals surface area contributed by atoms with Crippen LogP contribution in [0.25, 0.3) is 10.9 Å². The van der Waals surface area contributed by atoms with Gasteiger partial charge in [0.1, 0.15) is 0 Å². The second-order valence-corrected chi connectivity index (χ2v) is 6.11. The molecular weight excluding hydrogens is 278 g/mol. The fourth-order valence-corrected chi connectivity index (χ4v) is 3.10. The highest BCUT2D eigenvalue weighted by Gasteiger charge is 2.01. The van der Waals surface area contributed by atoms with E-state index in [2.05, 4.69) is 28.6 Å². The zero-order valence-corrected chi connectivity index (χ0v) is 11.9. The summed E-state index contributed by atoms with van der Waals surface area (Å²) in [6, 6.07) is 12.3. The van der Waals surface area contributed by atoms with E-state index >= 15 is 0 Å². The summed E-state index contributed by atoms with van der Waals surface area (Å²) >= 11 is 7.52. The summed E-state index contributed by atoms with van der Waals surface area (Å²) in [7, 11) is 0. The van der Waals surface area contributed by atoms with Gasteiger partial charge in [0.25, 0.3) is 0 Å². The van der Waals surface area contributed by atoms with E-state index in [0.29, 0.717) is 0 Å². The third kappa shape index (κ3) is 2.97. The van der Waals surface area contributed by atoms with Crippen LogP contribution in [0.4, 0.5) is 0 Å². The van der Waals surface area contributed by atoms with Crippen molar-refractivity contribution in [2.75, 3.05) is 6.54 Å². The predicted octanol–water partition coefficient (Wildman–Crippen LogP) is 3.54. The molecule has 0 saturated heterocycles. The molecule has 0 aliphatic heterocycles.